The molecule has 0 saturated heterocycles. The molecule has 4 heteroatoms. The Hall–Kier alpha value is -2.28. The number of hydrogen-bond donors (Lipinski definition) is 2. The molecule has 0 bridgehead atoms. The molecule has 0 unspecified atom stereocenters. The van der Waals surface area contributed by atoms with Crippen molar-refractivity contribution in [3.63, 3.8) is 0 Å². The zero-order valence-electron chi connectivity index (χ0n) is 7.97. The molecule has 0 radical (unpaired) electrons. The monoisotopic (exact) mass is 202 g/mol. The second-order valence-electron chi connectivity index (χ2n) is 2.88. The number of benzene rings is 1. The number of anilines is 1. The fourth-order valence-electron chi connectivity index (χ4n) is 1.21. The summed E-state index contributed by atoms with van der Waals surface area (Å²) in [6.45, 7) is 0. The Labute approximate surface area is 87.3 Å². The summed E-state index contributed by atoms with van der Waals surface area (Å²) in [6.07, 6.45) is 3.43. The minimum absolute atomic E-state index is 0.0756. The molecule has 4 nitrogen and oxygen atoms in total. The summed E-state index contributed by atoms with van der Waals surface area (Å²) in [5.74, 6) is -1.07. The first-order valence-electron chi connectivity index (χ1n) is 4.32. The average Bonchev–Trinajstić information content (AvgIpc) is 2.17. The highest BCUT2D eigenvalue weighted by molar-refractivity contribution is 5.97. The van der Waals surface area contributed by atoms with E-state index in [0.29, 0.717) is 5.56 Å². The highest BCUT2D eigenvalue weighted by Crippen LogP contribution is 2.18. The van der Waals surface area contributed by atoms with Crippen LogP contribution in [0.15, 0.2) is 24.3 Å². The maximum Gasteiger partial charge on any atom is 0.338 e. The van der Waals surface area contributed by atoms with Crippen LogP contribution in [0, 0.1) is 11.3 Å². The van der Waals surface area contributed by atoms with Crippen molar-refractivity contribution in [2.24, 2.45) is 0 Å². The molecule has 0 aromatic heterocycles. The fraction of sp³-hybridized carbons (Fsp3) is 0.0909. The molecule has 0 amide bonds. The first-order chi connectivity index (χ1) is 7.16. The quantitative estimate of drug-likeness (QED) is 0.732. The summed E-state index contributed by atoms with van der Waals surface area (Å²) < 4.78 is 0. The van der Waals surface area contributed by atoms with Gasteiger partial charge in [-0.25, -0.2) is 4.79 Å². The lowest BCUT2D eigenvalue weighted by atomic mass is 10.0. The largest absolute Gasteiger partial charge is 0.478 e. The number of carbonyl (C=O) groups is 1. The standard InChI is InChI=1S/C11H10N2O2/c12-7-2-1-4-8-5-3-6-9(13)10(8)11(14)15/h1,3-6H,2,13H2,(H,14,15). The summed E-state index contributed by atoms with van der Waals surface area (Å²) >= 11 is 0. The molecular formula is C11H10N2O2. The van der Waals surface area contributed by atoms with Gasteiger partial charge in [0.1, 0.15) is 0 Å². The van der Waals surface area contributed by atoms with E-state index in [9.17, 15) is 4.79 Å². The Morgan fingerprint density at radius 1 is 1.60 bits per heavy atom. The lowest BCUT2D eigenvalue weighted by Gasteiger charge is -2.03. The number of nitrogens with zero attached hydrogens (tertiary/aromatic N) is 1. The zero-order chi connectivity index (χ0) is 11.3. The summed E-state index contributed by atoms with van der Waals surface area (Å²) in [7, 11) is 0. The van der Waals surface area contributed by atoms with Crippen LogP contribution >= 0.6 is 0 Å². The Balaban J connectivity index is 3.13. The molecule has 0 saturated carbocycles. The minimum atomic E-state index is -1.07. The van der Waals surface area contributed by atoms with Crippen LogP contribution < -0.4 is 5.73 Å². The van der Waals surface area contributed by atoms with E-state index in [1.165, 1.54) is 6.07 Å². The number of hydrogen-bond acceptors (Lipinski definition) is 3. The summed E-state index contributed by atoms with van der Waals surface area (Å²) in [5, 5.41) is 17.3. The Kier molecular flexibility index (Phi) is 3.47. The number of aromatic carboxylic acids is 1. The molecule has 1 aromatic rings. The van der Waals surface area contributed by atoms with Crippen LogP contribution in [0.3, 0.4) is 0 Å². The van der Waals surface area contributed by atoms with Crippen LogP contribution in [0.5, 0.6) is 0 Å². The van der Waals surface area contributed by atoms with Crippen LogP contribution in [0.2, 0.25) is 0 Å². The van der Waals surface area contributed by atoms with Crippen molar-refractivity contribution in [1.29, 1.82) is 5.26 Å². The van der Waals surface area contributed by atoms with Gasteiger partial charge in [0.15, 0.2) is 0 Å². The summed E-state index contributed by atoms with van der Waals surface area (Å²) in [4.78, 5) is 10.9. The van der Waals surface area contributed by atoms with Crippen LogP contribution in [-0.2, 0) is 0 Å². The predicted octanol–water partition coefficient (Wildman–Crippen LogP) is 1.89. The van der Waals surface area contributed by atoms with E-state index in [1.807, 2.05) is 6.07 Å². The summed E-state index contributed by atoms with van der Waals surface area (Å²) in [6, 6.07) is 6.79. The minimum Gasteiger partial charge on any atom is -0.478 e. The topological polar surface area (TPSA) is 87.1 Å². The van der Waals surface area contributed by atoms with Crippen molar-refractivity contribution in [2.45, 2.75) is 6.42 Å². The van der Waals surface area contributed by atoms with E-state index in [-0.39, 0.29) is 17.7 Å². The normalized spacial score (nSPS) is 10.1. The number of carboxylic acids is 1. The third-order valence-corrected chi connectivity index (χ3v) is 1.85. The third-order valence-electron chi connectivity index (χ3n) is 1.85. The van der Waals surface area contributed by atoms with Crippen molar-refractivity contribution in [1.82, 2.24) is 0 Å². The van der Waals surface area contributed by atoms with Gasteiger partial charge in [0.2, 0.25) is 0 Å². The molecule has 0 heterocycles. The van der Waals surface area contributed by atoms with E-state index in [4.69, 9.17) is 16.1 Å². The number of nitrogens with two attached hydrogens (primary N) is 1. The average molecular weight is 202 g/mol. The lowest BCUT2D eigenvalue weighted by molar-refractivity contribution is 0.0698. The molecule has 0 aliphatic heterocycles. The Morgan fingerprint density at radius 2 is 2.33 bits per heavy atom. The van der Waals surface area contributed by atoms with Crippen LogP contribution in [0.25, 0.3) is 6.08 Å². The van der Waals surface area contributed by atoms with Crippen molar-refractivity contribution < 1.29 is 9.90 Å². The highest BCUT2D eigenvalue weighted by atomic mass is 16.4. The molecule has 1 aromatic carbocycles. The van der Waals surface area contributed by atoms with E-state index < -0.39 is 5.97 Å². The molecule has 0 spiro atoms. The molecule has 1 rings (SSSR count). The summed E-state index contributed by atoms with van der Waals surface area (Å²) in [5.41, 5.74) is 6.36. The molecular weight excluding hydrogens is 192 g/mol. The Morgan fingerprint density at radius 3 is 2.93 bits per heavy atom. The van der Waals surface area contributed by atoms with E-state index in [0.717, 1.165) is 0 Å². The number of carboxylic acid groups (broad SMARTS) is 1. The van der Waals surface area contributed by atoms with E-state index in [2.05, 4.69) is 0 Å². The molecule has 0 aliphatic rings. The van der Waals surface area contributed by atoms with E-state index >= 15 is 0 Å². The van der Waals surface area contributed by atoms with Gasteiger partial charge in [-0.2, -0.15) is 5.26 Å². The third kappa shape index (κ3) is 2.58. The van der Waals surface area contributed by atoms with Gasteiger partial charge in [0.25, 0.3) is 0 Å². The Bertz CT molecular complexity index is 444. The van der Waals surface area contributed by atoms with E-state index in [1.54, 1.807) is 24.3 Å². The SMILES string of the molecule is N#CCC=Cc1cccc(N)c1C(=O)O. The number of rotatable bonds is 3. The maximum atomic E-state index is 10.9. The number of nitrogen functional groups attached to an aromatic ring is 1. The van der Waals surface area contributed by atoms with Crippen molar-refractivity contribution in [3.05, 3.63) is 35.4 Å². The predicted molar refractivity (Wildman–Crippen MR) is 57.1 cm³/mol. The highest BCUT2D eigenvalue weighted by Gasteiger charge is 2.10. The van der Waals surface area contributed by atoms with Gasteiger partial charge < -0.3 is 10.8 Å². The molecule has 0 fully saturated rings. The molecule has 15 heavy (non-hydrogen) atoms. The van der Waals surface area contributed by atoms with Crippen molar-refractivity contribution >= 4 is 17.7 Å². The van der Waals surface area contributed by atoms with Gasteiger partial charge in [0.05, 0.1) is 18.1 Å². The molecule has 0 aliphatic carbocycles. The maximum absolute atomic E-state index is 10.9. The van der Waals surface area contributed by atoms with Crippen molar-refractivity contribution in [2.75, 3.05) is 5.73 Å². The van der Waals surface area contributed by atoms with Crippen LogP contribution in [0.1, 0.15) is 22.3 Å². The smallest absolute Gasteiger partial charge is 0.338 e. The second-order valence-corrected chi connectivity index (χ2v) is 2.88. The van der Waals surface area contributed by atoms with Gasteiger partial charge in [-0.15, -0.1) is 0 Å². The fourth-order valence-corrected chi connectivity index (χ4v) is 1.21. The number of allylic oxidation sites excluding steroid dienone is 1. The van der Waals surface area contributed by atoms with Gasteiger partial charge in [-0.3, -0.25) is 0 Å². The number of nitriles is 1. The zero-order valence-corrected chi connectivity index (χ0v) is 7.97. The first kappa shape index (κ1) is 10.8. The van der Waals surface area contributed by atoms with Crippen LogP contribution in [-0.4, -0.2) is 11.1 Å². The molecule has 3 N–H and O–H groups in total. The molecule has 76 valence electrons. The van der Waals surface area contributed by atoms with Gasteiger partial charge >= 0.3 is 5.97 Å². The van der Waals surface area contributed by atoms with Crippen LogP contribution in [0.4, 0.5) is 5.69 Å². The van der Waals surface area contributed by atoms with Gasteiger partial charge in [0, 0.05) is 5.69 Å². The molecule has 0 atom stereocenters. The van der Waals surface area contributed by atoms with Gasteiger partial charge in [-0.1, -0.05) is 24.3 Å². The lowest BCUT2D eigenvalue weighted by Crippen LogP contribution is -2.04. The second kappa shape index (κ2) is 4.82. The van der Waals surface area contributed by atoms with Gasteiger partial charge in [-0.05, 0) is 11.6 Å². The first-order valence-corrected chi connectivity index (χ1v) is 4.32. The van der Waals surface area contributed by atoms with Crippen molar-refractivity contribution in [3.8, 4) is 6.07 Å².